The van der Waals surface area contributed by atoms with Crippen LogP contribution in [0.4, 0.5) is 5.69 Å². The average Bonchev–Trinajstić information content (AvgIpc) is 2.59. The summed E-state index contributed by atoms with van der Waals surface area (Å²) in [5, 5.41) is 12.4. The van der Waals surface area contributed by atoms with E-state index in [4.69, 9.17) is 4.42 Å². The zero-order chi connectivity index (χ0) is 17.6. The molecule has 122 valence electrons. The first-order valence-electron chi connectivity index (χ1n) is 7.75. The smallest absolute Gasteiger partial charge is 0.277 e. The maximum Gasteiger partial charge on any atom is 0.277 e. The molecule has 5 nitrogen and oxygen atoms in total. The van der Waals surface area contributed by atoms with Crippen LogP contribution in [0.25, 0.3) is 33.4 Å². The Labute approximate surface area is 142 Å². The summed E-state index contributed by atoms with van der Waals surface area (Å²) in [6.07, 6.45) is 0. The highest BCUT2D eigenvalue weighted by Gasteiger charge is 2.23. The number of fused-ring (bicyclic) bond motifs is 2. The molecule has 0 fully saturated rings. The number of aryl methyl sites for hydroxylation is 1. The van der Waals surface area contributed by atoms with Crippen LogP contribution in [-0.2, 0) is 0 Å². The van der Waals surface area contributed by atoms with Gasteiger partial charge in [0.25, 0.3) is 5.69 Å². The quantitative estimate of drug-likeness (QED) is 0.301. The SMILES string of the molecule is Cc1ccc(-c2c3ccc(=O)cc-3oc3ccccc23)c([N+](=O)[O-])c1. The maximum atomic E-state index is 11.7. The van der Waals surface area contributed by atoms with Gasteiger partial charge in [0, 0.05) is 28.6 Å². The average molecular weight is 331 g/mol. The van der Waals surface area contributed by atoms with Crippen LogP contribution in [-0.4, -0.2) is 4.92 Å². The van der Waals surface area contributed by atoms with Gasteiger partial charge < -0.3 is 4.42 Å². The molecular weight excluding hydrogens is 318 g/mol. The third kappa shape index (κ3) is 2.46. The molecule has 2 aliphatic rings. The van der Waals surface area contributed by atoms with E-state index in [2.05, 4.69) is 0 Å². The van der Waals surface area contributed by atoms with Crippen LogP contribution in [0, 0.1) is 17.0 Å². The minimum absolute atomic E-state index is 0.0313. The summed E-state index contributed by atoms with van der Waals surface area (Å²) < 4.78 is 5.84. The largest absolute Gasteiger partial charge is 0.456 e. The Bertz CT molecular complexity index is 1160. The van der Waals surface area contributed by atoms with Gasteiger partial charge in [-0.15, -0.1) is 0 Å². The standard InChI is InChI=1S/C20H13NO4/c1-12-6-8-14(17(10-12)21(23)24)20-15-4-2-3-5-18(15)25-19-11-13(22)7-9-16(19)20/h2-11H,1H3. The van der Waals surface area contributed by atoms with E-state index in [1.807, 2.05) is 31.2 Å². The van der Waals surface area contributed by atoms with E-state index in [1.54, 1.807) is 24.3 Å². The Morgan fingerprint density at radius 3 is 2.52 bits per heavy atom. The Hall–Kier alpha value is -3.47. The lowest BCUT2D eigenvalue weighted by Crippen LogP contribution is -2.01. The molecule has 5 heteroatoms. The predicted octanol–water partition coefficient (Wildman–Crippen LogP) is 4.78. The first-order valence-corrected chi connectivity index (χ1v) is 7.75. The minimum atomic E-state index is -0.380. The van der Waals surface area contributed by atoms with Gasteiger partial charge in [-0.3, -0.25) is 14.9 Å². The number of rotatable bonds is 2. The molecular formula is C20H13NO4. The monoisotopic (exact) mass is 331 g/mol. The van der Waals surface area contributed by atoms with Gasteiger partial charge in [0.2, 0.25) is 0 Å². The lowest BCUT2D eigenvalue weighted by molar-refractivity contribution is -0.384. The van der Waals surface area contributed by atoms with Gasteiger partial charge in [0.05, 0.1) is 10.5 Å². The summed E-state index contributed by atoms with van der Waals surface area (Å²) in [6, 6.07) is 17.0. The van der Waals surface area contributed by atoms with Gasteiger partial charge in [0.15, 0.2) is 5.43 Å². The van der Waals surface area contributed by atoms with E-state index in [-0.39, 0.29) is 16.0 Å². The van der Waals surface area contributed by atoms with Crippen molar-refractivity contribution in [1.29, 1.82) is 0 Å². The van der Waals surface area contributed by atoms with Crippen LogP contribution >= 0.6 is 0 Å². The summed E-state index contributed by atoms with van der Waals surface area (Å²) in [5.41, 5.74) is 3.12. The van der Waals surface area contributed by atoms with E-state index in [0.29, 0.717) is 28.0 Å². The minimum Gasteiger partial charge on any atom is -0.456 e. The van der Waals surface area contributed by atoms with Gasteiger partial charge >= 0.3 is 0 Å². The molecule has 1 aliphatic heterocycles. The van der Waals surface area contributed by atoms with Crippen molar-refractivity contribution in [3.8, 4) is 22.5 Å². The van der Waals surface area contributed by atoms with Crippen LogP contribution in [0.5, 0.6) is 0 Å². The summed E-state index contributed by atoms with van der Waals surface area (Å²) >= 11 is 0. The second-order valence-electron chi connectivity index (χ2n) is 5.91. The van der Waals surface area contributed by atoms with E-state index >= 15 is 0 Å². The third-order valence-corrected chi connectivity index (χ3v) is 4.22. The molecule has 25 heavy (non-hydrogen) atoms. The summed E-state index contributed by atoms with van der Waals surface area (Å²) in [7, 11) is 0. The lowest BCUT2D eigenvalue weighted by Gasteiger charge is -2.15. The van der Waals surface area contributed by atoms with Crippen molar-refractivity contribution in [3.63, 3.8) is 0 Å². The van der Waals surface area contributed by atoms with Crippen molar-refractivity contribution in [3.05, 3.63) is 86.6 Å². The van der Waals surface area contributed by atoms with Crippen molar-refractivity contribution in [2.75, 3.05) is 0 Å². The van der Waals surface area contributed by atoms with Crippen molar-refractivity contribution in [1.82, 2.24) is 0 Å². The number of hydrogen-bond donors (Lipinski definition) is 0. The van der Waals surface area contributed by atoms with E-state index in [0.717, 1.165) is 10.9 Å². The molecule has 0 atom stereocenters. The number of nitrogens with zero attached hydrogens (tertiary/aromatic N) is 1. The molecule has 4 rings (SSSR count). The topological polar surface area (TPSA) is 73.3 Å². The van der Waals surface area contributed by atoms with Crippen molar-refractivity contribution < 1.29 is 9.34 Å². The lowest BCUT2D eigenvalue weighted by atomic mass is 9.92. The highest BCUT2D eigenvalue weighted by molar-refractivity contribution is 6.03. The number of benzene rings is 3. The number of nitro benzene ring substituents is 1. The molecule has 0 bridgehead atoms. The first kappa shape index (κ1) is 15.1. The second kappa shape index (κ2) is 5.56. The molecule has 0 aromatic heterocycles. The van der Waals surface area contributed by atoms with Gasteiger partial charge in [-0.05, 0) is 36.8 Å². The number of hydrogen-bond acceptors (Lipinski definition) is 4. The van der Waals surface area contributed by atoms with Gasteiger partial charge in [-0.1, -0.05) is 24.3 Å². The Morgan fingerprint density at radius 2 is 1.72 bits per heavy atom. The van der Waals surface area contributed by atoms with Crippen LogP contribution in [0.15, 0.2) is 69.9 Å². The Morgan fingerprint density at radius 1 is 0.960 bits per heavy atom. The highest BCUT2D eigenvalue weighted by atomic mass is 16.6. The summed E-state index contributed by atoms with van der Waals surface area (Å²) in [4.78, 5) is 22.9. The van der Waals surface area contributed by atoms with E-state index in [1.165, 1.54) is 12.1 Å². The molecule has 0 N–H and O–H groups in total. The normalized spacial score (nSPS) is 11.1. The Kier molecular flexibility index (Phi) is 3.35. The molecule has 0 spiro atoms. The molecule has 2 aromatic rings. The van der Waals surface area contributed by atoms with Crippen molar-refractivity contribution in [2.24, 2.45) is 0 Å². The van der Waals surface area contributed by atoms with Gasteiger partial charge in [0.1, 0.15) is 11.3 Å². The van der Waals surface area contributed by atoms with Crippen LogP contribution < -0.4 is 5.43 Å². The third-order valence-electron chi connectivity index (χ3n) is 4.22. The van der Waals surface area contributed by atoms with Crippen LogP contribution in [0.1, 0.15) is 5.56 Å². The molecule has 0 saturated heterocycles. The molecule has 1 aliphatic carbocycles. The fraction of sp³-hybridized carbons (Fsp3) is 0.0500. The fourth-order valence-corrected chi connectivity index (χ4v) is 3.11. The molecule has 0 radical (unpaired) electrons. The molecule has 0 unspecified atom stereocenters. The van der Waals surface area contributed by atoms with E-state index < -0.39 is 0 Å². The Balaban J connectivity index is 2.21. The zero-order valence-electron chi connectivity index (χ0n) is 13.4. The zero-order valence-corrected chi connectivity index (χ0v) is 13.4. The van der Waals surface area contributed by atoms with Crippen molar-refractivity contribution >= 4 is 16.7 Å². The van der Waals surface area contributed by atoms with Gasteiger partial charge in [-0.25, -0.2) is 0 Å². The van der Waals surface area contributed by atoms with Crippen LogP contribution in [0.2, 0.25) is 0 Å². The number of nitro groups is 1. The molecule has 1 heterocycles. The number of para-hydroxylation sites is 1. The molecule has 0 amide bonds. The van der Waals surface area contributed by atoms with Gasteiger partial charge in [-0.2, -0.15) is 0 Å². The molecule has 0 saturated carbocycles. The molecule has 2 aromatic carbocycles. The first-order chi connectivity index (χ1) is 12.0. The highest BCUT2D eigenvalue weighted by Crippen LogP contribution is 2.43. The van der Waals surface area contributed by atoms with E-state index in [9.17, 15) is 14.9 Å². The second-order valence-corrected chi connectivity index (χ2v) is 5.91. The summed E-state index contributed by atoms with van der Waals surface area (Å²) in [5.74, 6) is 0.413. The predicted molar refractivity (Wildman–Crippen MR) is 95.9 cm³/mol. The fourth-order valence-electron chi connectivity index (χ4n) is 3.11. The van der Waals surface area contributed by atoms with Crippen molar-refractivity contribution in [2.45, 2.75) is 6.92 Å². The van der Waals surface area contributed by atoms with Crippen LogP contribution in [0.3, 0.4) is 0 Å². The summed E-state index contributed by atoms with van der Waals surface area (Å²) in [6.45, 7) is 1.82. The maximum absolute atomic E-state index is 11.7.